The monoisotopic (exact) mass is 305 g/mol. The van der Waals surface area contributed by atoms with Crippen molar-refractivity contribution < 1.29 is 12.8 Å². The van der Waals surface area contributed by atoms with Crippen molar-refractivity contribution in [1.29, 1.82) is 0 Å². The van der Waals surface area contributed by atoms with Gasteiger partial charge in [-0.05, 0) is 48.7 Å². The summed E-state index contributed by atoms with van der Waals surface area (Å²) in [4.78, 5) is 0.237. The van der Waals surface area contributed by atoms with Gasteiger partial charge in [-0.1, -0.05) is 18.2 Å². The van der Waals surface area contributed by atoms with Gasteiger partial charge in [0.05, 0.1) is 16.7 Å². The number of rotatable bonds is 2. The highest BCUT2D eigenvalue weighted by Gasteiger charge is 2.30. The molecule has 0 spiro atoms. The van der Waals surface area contributed by atoms with Crippen LogP contribution in [0.5, 0.6) is 0 Å². The number of nitrogens with one attached hydrogen (secondary N) is 1. The first-order chi connectivity index (χ1) is 9.97. The van der Waals surface area contributed by atoms with E-state index in [0.717, 1.165) is 11.3 Å². The molecule has 0 aliphatic carbocycles. The Labute approximate surface area is 123 Å². The normalized spacial score (nSPS) is 19.8. The summed E-state index contributed by atoms with van der Waals surface area (Å²) in [5.74, 6) is -0.336. The van der Waals surface area contributed by atoms with Gasteiger partial charge in [-0.25, -0.2) is 12.8 Å². The van der Waals surface area contributed by atoms with Crippen LogP contribution in [0.15, 0.2) is 47.4 Å². The summed E-state index contributed by atoms with van der Waals surface area (Å²) < 4.78 is 37.7. The number of hydrogen-bond acceptors (Lipinski definition) is 3. The van der Waals surface area contributed by atoms with Crippen LogP contribution in [0.25, 0.3) is 0 Å². The minimum Gasteiger partial charge on any atom is -0.378 e. The zero-order valence-corrected chi connectivity index (χ0v) is 12.5. The van der Waals surface area contributed by atoms with Crippen LogP contribution < -0.4 is 5.32 Å². The van der Waals surface area contributed by atoms with Crippen molar-refractivity contribution in [2.45, 2.75) is 24.3 Å². The predicted molar refractivity (Wildman–Crippen MR) is 80.6 cm³/mol. The molecule has 0 amide bonds. The first-order valence-corrected chi connectivity index (χ1v) is 8.47. The lowest BCUT2D eigenvalue weighted by Crippen LogP contribution is -2.25. The molecule has 110 valence electrons. The molecule has 0 bridgehead atoms. The van der Waals surface area contributed by atoms with Crippen molar-refractivity contribution in [2.24, 2.45) is 0 Å². The maximum atomic E-state index is 13.5. The van der Waals surface area contributed by atoms with Crippen LogP contribution in [0.3, 0.4) is 0 Å². The molecular formula is C16H16FNO2S. The highest BCUT2D eigenvalue weighted by atomic mass is 32.2. The SMILES string of the molecule is Cc1ccccc1NC1CCS(=O)(=O)c2ccc(F)cc21. The summed E-state index contributed by atoms with van der Waals surface area (Å²) in [5, 5.41) is 3.34. The minimum absolute atomic E-state index is 0.0786. The third kappa shape index (κ3) is 2.65. The van der Waals surface area contributed by atoms with E-state index in [-0.39, 0.29) is 16.7 Å². The fraction of sp³-hybridized carbons (Fsp3) is 0.250. The van der Waals surface area contributed by atoms with Gasteiger partial charge >= 0.3 is 0 Å². The molecule has 1 unspecified atom stereocenters. The Bertz CT molecular complexity index is 787. The van der Waals surface area contributed by atoms with E-state index in [1.807, 2.05) is 31.2 Å². The van der Waals surface area contributed by atoms with E-state index >= 15 is 0 Å². The minimum atomic E-state index is -3.30. The quantitative estimate of drug-likeness (QED) is 0.864. The van der Waals surface area contributed by atoms with Gasteiger partial charge in [0.25, 0.3) is 0 Å². The number of para-hydroxylation sites is 1. The molecule has 1 heterocycles. The number of anilines is 1. The highest BCUT2D eigenvalue weighted by molar-refractivity contribution is 7.91. The van der Waals surface area contributed by atoms with Gasteiger partial charge in [0.1, 0.15) is 5.82 Å². The van der Waals surface area contributed by atoms with Crippen molar-refractivity contribution in [2.75, 3.05) is 11.1 Å². The third-order valence-electron chi connectivity index (χ3n) is 3.83. The van der Waals surface area contributed by atoms with Gasteiger partial charge in [0.2, 0.25) is 0 Å². The second kappa shape index (κ2) is 5.15. The van der Waals surface area contributed by atoms with Gasteiger partial charge < -0.3 is 5.32 Å². The standard InChI is InChI=1S/C16H16FNO2S/c1-11-4-2-3-5-14(11)18-15-8-9-21(19,20)16-7-6-12(17)10-13(15)16/h2-7,10,15,18H,8-9H2,1H3. The fourth-order valence-corrected chi connectivity index (χ4v) is 4.29. The lowest BCUT2D eigenvalue weighted by atomic mass is 10.0. The van der Waals surface area contributed by atoms with Crippen LogP contribution >= 0.6 is 0 Å². The predicted octanol–water partition coefficient (Wildman–Crippen LogP) is 3.46. The molecule has 21 heavy (non-hydrogen) atoms. The molecule has 3 nitrogen and oxygen atoms in total. The van der Waals surface area contributed by atoms with Crippen LogP contribution in [0.1, 0.15) is 23.6 Å². The summed E-state index contributed by atoms with van der Waals surface area (Å²) in [5.41, 5.74) is 2.53. The molecule has 0 saturated heterocycles. The van der Waals surface area contributed by atoms with Gasteiger partial charge in [-0.3, -0.25) is 0 Å². The van der Waals surface area contributed by atoms with Crippen molar-refractivity contribution in [3.05, 3.63) is 59.4 Å². The van der Waals surface area contributed by atoms with Crippen molar-refractivity contribution >= 4 is 15.5 Å². The largest absolute Gasteiger partial charge is 0.378 e. The maximum absolute atomic E-state index is 13.5. The van der Waals surface area contributed by atoms with Gasteiger partial charge in [0, 0.05) is 5.69 Å². The average Bonchev–Trinajstić information content (AvgIpc) is 2.44. The van der Waals surface area contributed by atoms with E-state index in [1.165, 1.54) is 18.2 Å². The van der Waals surface area contributed by atoms with Gasteiger partial charge in [-0.15, -0.1) is 0 Å². The van der Waals surface area contributed by atoms with E-state index in [9.17, 15) is 12.8 Å². The highest BCUT2D eigenvalue weighted by Crippen LogP contribution is 2.35. The second-order valence-corrected chi connectivity index (χ2v) is 7.38. The molecule has 3 rings (SSSR count). The number of fused-ring (bicyclic) bond motifs is 1. The first kappa shape index (κ1) is 14.1. The molecule has 1 atom stereocenters. The number of halogens is 1. The number of hydrogen-bond donors (Lipinski definition) is 1. The molecule has 0 aromatic heterocycles. The summed E-state index contributed by atoms with van der Waals surface area (Å²) in [7, 11) is -3.30. The summed E-state index contributed by atoms with van der Waals surface area (Å²) in [6, 6.07) is 11.5. The molecule has 2 aromatic rings. The molecule has 0 radical (unpaired) electrons. The Morgan fingerprint density at radius 1 is 1.19 bits per heavy atom. The smallest absolute Gasteiger partial charge is 0.178 e. The Kier molecular flexibility index (Phi) is 3.45. The molecule has 0 fully saturated rings. The first-order valence-electron chi connectivity index (χ1n) is 6.82. The lowest BCUT2D eigenvalue weighted by molar-refractivity contribution is 0.570. The average molecular weight is 305 g/mol. The number of aryl methyl sites for hydroxylation is 1. The van der Waals surface area contributed by atoms with Crippen molar-refractivity contribution in [3.8, 4) is 0 Å². The molecular weight excluding hydrogens is 289 g/mol. The zero-order chi connectivity index (χ0) is 15.0. The Hall–Kier alpha value is -1.88. The summed E-state index contributed by atoms with van der Waals surface area (Å²) in [6.45, 7) is 1.98. The number of benzene rings is 2. The Balaban J connectivity index is 2.03. The number of sulfone groups is 1. The van der Waals surface area contributed by atoms with Crippen molar-refractivity contribution in [3.63, 3.8) is 0 Å². The van der Waals surface area contributed by atoms with E-state index < -0.39 is 15.7 Å². The Morgan fingerprint density at radius 2 is 1.95 bits per heavy atom. The third-order valence-corrected chi connectivity index (χ3v) is 5.65. The molecule has 5 heteroatoms. The Morgan fingerprint density at radius 3 is 2.71 bits per heavy atom. The molecule has 1 aliphatic heterocycles. The van der Waals surface area contributed by atoms with Gasteiger partial charge in [0.15, 0.2) is 9.84 Å². The summed E-state index contributed by atoms with van der Waals surface area (Å²) in [6.07, 6.45) is 0.438. The van der Waals surface area contributed by atoms with Gasteiger partial charge in [-0.2, -0.15) is 0 Å². The van der Waals surface area contributed by atoms with Crippen molar-refractivity contribution in [1.82, 2.24) is 0 Å². The maximum Gasteiger partial charge on any atom is 0.178 e. The lowest BCUT2D eigenvalue weighted by Gasteiger charge is -2.27. The van der Waals surface area contributed by atoms with Crippen LogP contribution in [0, 0.1) is 12.7 Å². The van der Waals surface area contributed by atoms with Crippen LogP contribution in [-0.2, 0) is 9.84 Å². The van der Waals surface area contributed by atoms with E-state index in [2.05, 4.69) is 5.32 Å². The molecule has 1 N–H and O–H groups in total. The van der Waals surface area contributed by atoms with Crippen LogP contribution in [-0.4, -0.2) is 14.2 Å². The molecule has 1 aliphatic rings. The van der Waals surface area contributed by atoms with Crippen LogP contribution in [0.4, 0.5) is 10.1 Å². The molecule has 2 aromatic carbocycles. The fourth-order valence-electron chi connectivity index (χ4n) is 2.69. The van der Waals surface area contributed by atoms with E-state index in [1.54, 1.807) is 0 Å². The second-order valence-electron chi connectivity index (χ2n) is 5.30. The van der Waals surface area contributed by atoms with Crippen LogP contribution in [0.2, 0.25) is 0 Å². The zero-order valence-electron chi connectivity index (χ0n) is 11.6. The molecule has 0 saturated carbocycles. The van der Waals surface area contributed by atoms with E-state index in [0.29, 0.717) is 12.0 Å². The topological polar surface area (TPSA) is 46.2 Å². The summed E-state index contributed by atoms with van der Waals surface area (Å²) >= 11 is 0. The van der Waals surface area contributed by atoms with E-state index in [4.69, 9.17) is 0 Å².